The maximum atomic E-state index is 12.9. The van der Waals surface area contributed by atoms with E-state index in [1.54, 1.807) is 0 Å². The van der Waals surface area contributed by atoms with E-state index in [4.69, 9.17) is 11.6 Å². The largest absolute Gasteiger partial charge is 0.349 e. The third-order valence-electron chi connectivity index (χ3n) is 4.08. The first kappa shape index (κ1) is 17.9. The number of halogens is 2. The Morgan fingerprint density at radius 3 is 2.36 bits per heavy atom. The molecule has 1 N–H and O–H groups in total. The maximum absolute atomic E-state index is 12.9. The number of aryl methyl sites for hydroxylation is 3. The van der Waals surface area contributed by atoms with Crippen molar-refractivity contribution in [1.29, 1.82) is 0 Å². The zero-order chi connectivity index (χ0) is 18.3. The molecule has 0 saturated carbocycles. The van der Waals surface area contributed by atoms with Crippen LogP contribution in [0.25, 0.3) is 0 Å². The van der Waals surface area contributed by atoms with Gasteiger partial charge in [-0.1, -0.05) is 23.7 Å². The summed E-state index contributed by atoms with van der Waals surface area (Å²) < 4.78 is 1.09. The molecule has 0 fully saturated rings. The van der Waals surface area contributed by atoms with E-state index in [9.17, 15) is 9.59 Å². The van der Waals surface area contributed by atoms with Gasteiger partial charge in [-0.15, -0.1) is 0 Å². The van der Waals surface area contributed by atoms with Gasteiger partial charge in [0.15, 0.2) is 0 Å². The average Bonchev–Trinajstić information content (AvgIpc) is 2.76. The summed E-state index contributed by atoms with van der Waals surface area (Å²) in [5.74, 6) is -0.951. The Balaban J connectivity index is 1.98. The average molecular weight is 467 g/mol. The second-order valence-corrected chi connectivity index (χ2v) is 7.63. The number of nitrogens with zero attached hydrogens (tertiary/aromatic N) is 1. The number of hydrogen-bond acceptors (Lipinski definition) is 3. The van der Waals surface area contributed by atoms with Crippen LogP contribution in [0.15, 0.2) is 47.1 Å². The van der Waals surface area contributed by atoms with Gasteiger partial charge in [0.05, 0.1) is 5.69 Å². The highest BCUT2D eigenvalue weighted by Gasteiger charge is 2.39. The number of nitrogens with one attached hydrogen (secondary N) is 1. The van der Waals surface area contributed by atoms with Crippen molar-refractivity contribution in [2.24, 2.45) is 0 Å². The monoisotopic (exact) mass is 466 g/mol. The number of benzene rings is 2. The molecule has 0 atom stereocenters. The SMILES string of the molecule is Cc1ccc(C)c(N2C(=O)C(Cl)=C(Nc3ccc(I)cc3C)C2=O)c1. The van der Waals surface area contributed by atoms with Crippen molar-refractivity contribution in [3.8, 4) is 0 Å². The van der Waals surface area contributed by atoms with Crippen LogP contribution in [0, 0.1) is 24.3 Å². The van der Waals surface area contributed by atoms with Crippen LogP contribution in [0.3, 0.4) is 0 Å². The molecule has 1 aliphatic rings. The van der Waals surface area contributed by atoms with Gasteiger partial charge < -0.3 is 5.32 Å². The Morgan fingerprint density at radius 2 is 1.68 bits per heavy atom. The lowest BCUT2D eigenvalue weighted by Gasteiger charge is -2.18. The predicted molar refractivity (Wildman–Crippen MR) is 109 cm³/mol. The lowest BCUT2D eigenvalue weighted by atomic mass is 10.1. The van der Waals surface area contributed by atoms with Crippen molar-refractivity contribution in [2.75, 3.05) is 10.2 Å². The lowest BCUT2D eigenvalue weighted by Crippen LogP contribution is -2.33. The summed E-state index contributed by atoms with van der Waals surface area (Å²) in [6.07, 6.45) is 0. The number of anilines is 2. The molecule has 25 heavy (non-hydrogen) atoms. The summed E-state index contributed by atoms with van der Waals surface area (Å²) in [6, 6.07) is 11.4. The number of amides is 2. The van der Waals surface area contributed by atoms with E-state index in [0.717, 1.165) is 30.8 Å². The molecular formula is C19H16ClIN2O2. The van der Waals surface area contributed by atoms with E-state index in [-0.39, 0.29) is 10.7 Å². The van der Waals surface area contributed by atoms with Crippen LogP contribution in [0.2, 0.25) is 0 Å². The Hall–Kier alpha value is -1.86. The van der Waals surface area contributed by atoms with Gasteiger partial charge in [0.1, 0.15) is 10.7 Å². The molecule has 2 aromatic rings. The second-order valence-electron chi connectivity index (χ2n) is 6.01. The van der Waals surface area contributed by atoms with Crippen molar-refractivity contribution in [3.05, 3.63) is 67.4 Å². The molecule has 0 aromatic heterocycles. The first-order valence-electron chi connectivity index (χ1n) is 7.68. The molecule has 2 aromatic carbocycles. The van der Waals surface area contributed by atoms with Gasteiger partial charge in [-0.25, -0.2) is 4.90 Å². The lowest BCUT2D eigenvalue weighted by molar-refractivity contribution is -0.120. The highest BCUT2D eigenvalue weighted by molar-refractivity contribution is 14.1. The number of hydrogen-bond donors (Lipinski definition) is 1. The van der Waals surface area contributed by atoms with Crippen LogP contribution < -0.4 is 10.2 Å². The first-order valence-corrected chi connectivity index (χ1v) is 9.14. The van der Waals surface area contributed by atoms with E-state index in [0.29, 0.717) is 5.69 Å². The van der Waals surface area contributed by atoms with Crippen LogP contribution in [0.5, 0.6) is 0 Å². The Bertz CT molecular complexity index is 937. The minimum atomic E-state index is -0.508. The van der Waals surface area contributed by atoms with Crippen molar-refractivity contribution < 1.29 is 9.59 Å². The maximum Gasteiger partial charge on any atom is 0.283 e. The van der Waals surface area contributed by atoms with Crippen LogP contribution in [0.1, 0.15) is 16.7 Å². The van der Waals surface area contributed by atoms with Gasteiger partial charge in [0.2, 0.25) is 0 Å². The molecule has 0 spiro atoms. The Kier molecular flexibility index (Phi) is 4.88. The fraction of sp³-hybridized carbons (Fsp3) is 0.158. The van der Waals surface area contributed by atoms with Crippen LogP contribution in [-0.4, -0.2) is 11.8 Å². The molecule has 3 rings (SSSR count). The Morgan fingerprint density at radius 1 is 0.960 bits per heavy atom. The molecule has 0 bridgehead atoms. The number of carbonyl (C=O) groups excluding carboxylic acids is 2. The number of imide groups is 1. The quantitative estimate of drug-likeness (QED) is 0.529. The zero-order valence-electron chi connectivity index (χ0n) is 14.0. The zero-order valence-corrected chi connectivity index (χ0v) is 16.9. The minimum Gasteiger partial charge on any atom is -0.349 e. The molecule has 0 aliphatic carbocycles. The summed E-state index contributed by atoms with van der Waals surface area (Å²) >= 11 is 8.42. The van der Waals surface area contributed by atoms with Gasteiger partial charge in [-0.2, -0.15) is 0 Å². The number of carbonyl (C=O) groups is 2. The molecule has 4 nitrogen and oxygen atoms in total. The van der Waals surface area contributed by atoms with Crippen LogP contribution in [0.4, 0.5) is 11.4 Å². The van der Waals surface area contributed by atoms with E-state index < -0.39 is 11.8 Å². The van der Waals surface area contributed by atoms with E-state index >= 15 is 0 Å². The molecule has 0 saturated heterocycles. The predicted octanol–water partition coefficient (Wildman–Crippen LogP) is 4.65. The van der Waals surface area contributed by atoms with Gasteiger partial charge in [0.25, 0.3) is 11.8 Å². The minimum absolute atomic E-state index is 0.0937. The van der Waals surface area contributed by atoms with Gasteiger partial charge in [-0.05, 0) is 84.3 Å². The van der Waals surface area contributed by atoms with Crippen molar-refractivity contribution in [3.63, 3.8) is 0 Å². The molecular weight excluding hydrogens is 451 g/mol. The molecule has 1 aliphatic heterocycles. The van der Waals surface area contributed by atoms with E-state index in [1.165, 1.54) is 0 Å². The standard InChI is InChI=1S/C19H16ClIN2O2/c1-10-4-5-11(2)15(8-10)23-18(24)16(20)17(19(23)25)22-14-7-6-13(21)9-12(14)3/h4-9,22H,1-3H3. The summed E-state index contributed by atoms with van der Waals surface area (Å²) in [4.78, 5) is 26.6. The highest BCUT2D eigenvalue weighted by Crippen LogP contribution is 2.33. The third kappa shape index (κ3) is 3.30. The molecule has 0 radical (unpaired) electrons. The second kappa shape index (κ2) is 6.80. The summed E-state index contributed by atoms with van der Waals surface area (Å²) in [7, 11) is 0. The van der Waals surface area contributed by atoms with E-state index in [2.05, 4.69) is 27.9 Å². The fourth-order valence-corrected chi connectivity index (χ4v) is 3.55. The molecule has 6 heteroatoms. The topological polar surface area (TPSA) is 49.4 Å². The van der Waals surface area contributed by atoms with Crippen molar-refractivity contribution >= 4 is 57.4 Å². The highest BCUT2D eigenvalue weighted by atomic mass is 127. The fourth-order valence-electron chi connectivity index (χ4n) is 2.69. The summed E-state index contributed by atoms with van der Waals surface area (Å²) in [5.41, 5.74) is 4.18. The van der Waals surface area contributed by atoms with Gasteiger partial charge in [-0.3, -0.25) is 9.59 Å². The van der Waals surface area contributed by atoms with Gasteiger partial charge >= 0.3 is 0 Å². The summed E-state index contributed by atoms with van der Waals surface area (Å²) in [6.45, 7) is 5.71. The molecule has 0 unspecified atom stereocenters. The first-order chi connectivity index (χ1) is 11.8. The van der Waals surface area contributed by atoms with E-state index in [1.807, 2.05) is 57.2 Å². The van der Waals surface area contributed by atoms with Crippen molar-refractivity contribution in [2.45, 2.75) is 20.8 Å². The molecule has 1 heterocycles. The van der Waals surface area contributed by atoms with Crippen LogP contribution in [-0.2, 0) is 9.59 Å². The van der Waals surface area contributed by atoms with Crippen molar-refractivity contribution in [1.82, 2.24) is 0 Å². The number of rotatable bonds is 3. The van der Waals surface area contributed by atoms with Crippen LogP contribution >= 0.6 is 34.2 Å². The smallest absolute Gasteiger partial charge is 0.283 e. The van der Waals surface area contributed by atoms with Gasteiger partial charge in [0, 0.05) is 9.26 Å². The Labute approximate surface area is 165 Å². The molecule has 128 valence electrons. The summed E-state index contributed by atoms with van der Waals surface area (Å²) in [5, 5.41) is 2.94. The molecule has 2 amide bonds. The normalized spacial score (nSPS) is 14.5. The third-order valence-corrected chi connectivity index (χ3v) is 5.10.